The van der Waals surface area contributed by atoms with Crippen LogP contribution in [0.5, 0.6) is 0 Å². The van der Waals surface area contributed by atoms with Gasteiger partial charge in [0.2, 0.25) is 0 Å². The van der Waals surface area contributed by atoms with E-state index < -0.39 is 0 Å². The number of nitrogens with zero attached hydrogens (tertiary/aromatic N) is 1. The first-order chi connectivity index (χ1) is 8.20. The topological polar surface area (TPSA) is 38.9 Å². The summed E-state index contributed by atoms with van der Waals surface area (Å²) in [6, 6.07) is 8.86. The molecule has 0 bridgehead atoms. The highest BCUT2D eigenvalue weighted by Crippen LogP contribution is 2.18. The Labute approximate surface area is 100 Å². The second-order valence-corrected chi connectivity index (χ2v) is 4.00. The van der Waals surface area contributed by atoms with Crippen LogP contribution < -0.4 is 5.73 Å². The molecule has 1 heterocycles. The quantitative estimate of drug-likeness (QED) is 0.823. The van der Waals surface area contributed by atoms with Crippen molar-refractivity contribution in [3.05, 3.63) is 59.2 Å². The van der Waals surface area contributed by atoms with E-state index in [1.165, 1.54) is 11.6 Å². The van der Waals surface area contributed by atoms with Gasteiger partial charge in [-0.15, -0.1) is 0 Å². The molecule has 0 atom stereocenters. The number of aryl methyl sites for hydroxylation is 1. The zero-order valence-electron chi connectivity index (χ0n) is 9.78. The molecular weight excluding hydrogens is 215 g/mol. The van der Waals surface area contributed by atoms with Gasteiger partial charge in [-0.1, -0.05) is 25.1 Å². The Morgan fingerprint density at radius 3 is 2.71 bits per heavy atom. The number of anilines is 1. The van der Waals surface area contributed by atoms with E-state index in [1.807, 2.05) is 24.4 Å². The summed E-state index contributed by atoms with van der Waals surface area (Å²) in [5.41, 5.74) is 8.78. The molecule has 88 valence electrons. The van der Waals surface area contributed by atoms with Crippen molar-refractivity contribution in [2.45, 2.75) is 19.8 Å². The maximum atomic E-state index is 13.3. The number of aromatic nitrogens is 1. The van der Waals surface area contributed by atoms with Crippen molar-refractivity contribution in [1.82, 2.24) is 4.98 Å². The zero-order chi connectivity index (χ0) is 12.3. The van der Waals surface area contributed by atoms with Crippen LogP contribution in [-0.4, -0.2) is 4.98 Å². The first kappa shape index (κ1) is 11.6. The van der Waals surface area contributed by atoms with E-state index >= 15 is 0 Å². The van der Waals surface area contributed by atoms with Gasteiger partial charge in [0.25, 0.3) is 0 Å². The summed E-state index contributed by atoms with van der Waals surface area (Å²) in [5.74, 6) is -0.368. The lowest BCUT2D eigenvalue weighted by Crippen LogP contribution is -2.00. The number of hydrogen-bond donors (Lipinski definition) is 1. The van der Waals surface area contributed by atoms with Gasteiger partial charge in [-0.2, -0.15) is 0 Å². The molecule has 0 saturated heterocycles. The molecule has 2 nitrogen and oxygen atoms in total. The van der Waals surface area contributed by atoms with Crippen molar-refractivity contribution in [2.24, 2.45) is 0 Å². The van der Waals surface area contributed by atoms with Crippen molar-refractivity contribution < 1.29 is 4.39 Å². The van der Waals surface area contributed by atoms with Crippen LogP contribution >= 0.6 is 0 Å². The normalized spacial score (nSPS) is 10.5. The number of nitrogens with two attached hydrogens (primary N) is 1. The fraction of sp³-hybridized carbons (Fsp3) is 0.214. The summed E-state index contributed by atoms with van der Waals surface area (Å²) in [6.45, 7) is 2.08. The maximum absolute atomic E-state index is 13.3. The number of pyridine rings is 1. The van der Waals surface area contributed by atoms with E-state index in [2.05, 4.69) is 11.9 Å². The molecule has 1 aromatic carbocycles. The van der Waals surface area contributed by atoms with Crippen LogP contribution in [0.15, 0.2) is 36.5 Å². The predicted molar refractivity (Wildman–Crippen MR) is 67.2 cm³/mol. The minimum atomic E-state index is -0.368. The lowest BCUT2D eigenvalue weighted by atomic mass is 10.1. The molecule has 2 rings (SSSR count). The lowest BCUT2D eigenvalue weighted by molar-refractivity contribution is 0.631. The third-order valence-electron chi connectivity index (χ3n) is 2.81. The molecule has 0 spiro atoms. The van der Waals surface area contributed by atoms with Crippen molar-refractivity contribution >= 4 is 5.69 Å². The van der Waals surface area contributed by atoms with Crippen molar-refractivity contribution in [1.29, 1.82) is 0 Å². The van der Waals surface area contributed by atoms with Crippen LogP contribution in [-0.2, 0) is 12.8 Å². The van der Waals surface area contributed by atoms with E-state index in [-0.39, 0.29) is 11.5 Å². The number of hydrogen-bond acceptors (Lipinski definition) is 2. The number of para-hydroxylation sites is 1. The Morgan fingerprint density at radius 1 is 1.24 bits per heavy atom. The van der Waals surface area contributed by atoms with E-state index in [9.17, 15) is 4.39 Å². The summed E-state index contributed by atoms with van der Waals surface area (Å²) < 4.78 is 13.3. The molecular formula is C14H15FN2. The molecule has 2 aromatic rings. The van der Waals surface area contributed by atoms with Crippen molar-refractivity contribution in [3.63, 3.8) is 0 Å². The average molecular weight is 230 g/mol. The second-order valence-electron chi connectivity index (χ2n) is 4.00. The minimum absolute atomic E-state index is 0.217. The molecule has 17 heavy (non-hydrogen) atoms. The smallest absolute Gasteiger partial charge is 0.146 e. The molecule has 1 aromatic heterocycles. The summed E-state index contributed by atoms with van der Waals surface area (Å²) >= 11 is 0. The van der Waals surface area contributed by atoms with Gasteiger partial charge in [0.1, 0.15) is 5.82 Å². The molecule has 0 aliphatic rings. The molecule has 0 unspecified atom stereocenters. The highest BCUT2D eigenvalue weighted by molar-refractivity contribution is 5.49. The summed E-state index contributed by atoms with van der Waals surface area (Å²) in [6.07, 6.45) is 3.38. The van der Waals surface area contributed by atoms with Gasteiger partial charge in [0, 0.05) is 18.3 Å². The number of nitrogen functional groups attached to an aromatic ring is 1. The first-order valence-electron chi connectivity index (χ1n) is 5.67. The fourth-order valence-electron chi connectivity index (χ4n) is 1.70. The molecule has 0 aliphatic heterocycles. The molecule has 2 N–H and O–H groups in total. The van der Waals surface area contributed by atoms with E-state index in [0.29, 0.717) is 6.42 Å². The Bertz CT molecular complexity index is 506. The maximum Gasteiger partial charge on any atom is 0.146 e. The minimum Gasteiger partial charge on any atom is -0.396 e. The van der Waals surface area contributed by atoms with Gasteiger partial charge >= 0.3 is 0 Å². The molecule has 0 amide bonds. The van der Waals surface area contributed by atoms with Gasteiger partial charge in [-0.05, 0) is 29.7 Å². The number of halogens is 1. The lowest BCUT2D eigenvalue weighted by Gasteiger charge is -2.06. The Kier molecular flexibility index (Phi) is 3.38. The van der Waals surface area contributed by atoms with E-state index in [4.69, 9.17) is 5.73 Å². The summed E-state index contributed by atoms with van der Waals surface area (Å²) in [5, 5.41) is 0. The Hall–Kier alpha value is -1.90. The van der Waals surface area contributed by atoms with E-state index in [1.54, 1.807) is 6.07 Å². The third kappa shape index (κ3) is 2.61. The highest BCUT2D eigenvalue weighted by Gasteiger charge is 2.05. The monoisotopic (exact) mass is 230 g/mol. The van der Waals surface area contributed by atoms with Crippen molar-refractivity contribution in [3.8, 4) is 0 Å². The van der Waals surface area contributed by atoms with Gasteiger partial charge < -0.3 is 5.73 Å². The van der Waals surface area contributed by atoms with Crippen LogP contribution in [0.3, 0.4) is 0 Å². The van der Waals surface area contributed by atoms with Gasteiger partial charge in [-0.25, -0.2) is 4.39 Å². The third-order valence-corrected chi connectivity index (χ3v) is 2.81. The van der Waals surface area contributed by atoms with E-state index in [0.717, 1.165) is 17.7 Å². The largest absolute Gasteiger partial charge is 0.396 e. The molecule has 0 saturated carbocycles. The SMILES string of the molecule is CCc1ccc(Cc2cccc(F)c2N)nc1. The van der Waals surface area contributed by atoms with Crippen LogP contribution in [0.1, 0.15) is 23.7 Å². The van der Waals surface area contributed by atoms with Crippen LogP contribution in [0.2, 0.25) is 0 Å². The van der Waals surface area contributed by atoms with Gasteiger partial charge in [0.15, 0.2) is 0 Å². The zero-order valence-corrected chi connectivity index (χ0v) is 9.78. The highest BCUT2D eigenvalue weighted by atomic mass is 19.1. The van der Waals surface area contributed by atoms with Gasteiger partial charge in [0.05, 0.1) is 5.69 Å². The van der Waals surface area contributed by atoms with Gasteiger partial charge in [-0.3, -0.25) is 4.98 Å². The molecule has 0 radical (unpaired) electrons. The van der Waals surface area contributed by atoms with Crippen LogP contribution in [0.25, 0.3) is 0 Å². The molecule has 0 aliphatic carbocycles. The Morgan fingerprint density at radius 2 is 2.06 bits per heavy atom. The molecule has 3 heteroatoms. The first-order valence-corrected chi connectivity index (χ1v) is 5.67. The fourth-order valence-corrected chi connectivity index (χ4v) is 1.70. The Balaban J connectivity index is 2.22. The summed E-state index contributed by atoms with van der Waals surface area (Å²) in [4.78, 5) is 4.34. The number of benzene rings is 1. The standard InChI is InChI=1S/C14H15FN2/c1-2-10-6-7-12(17-9-10)8-11-4-3-5-13(15)14(11)16/h3-7,9H,2,8,16H2,1H3. The average Bonchev–Trinajstić information content (AvgIpc) is 2.36. The molecule has 0 fully saturated rings. The predicted octanol–water partition coefficient (Wildman–Crippen LogP) is 2.96. The van der Waals surface area contributed by atoms with Crippen molar-refractivity contribution in [2.75, 3.05) is 5.73 Å². The van der Waals surface area contributed by atoms with Crippen LogP contribution in [0, 0.1) is 5.82 Å². The number of rotatable bonds is 3. The van der Waals surface area contributed by atoms with Crippen LogP contribution in [0.4, 0.5) is 10.1 Å². The second kappa shape index (κ2) is 4.95. The summed E-state index contributed by atoms with van der Waals surface area (Å²) in [7, 11) is 0.